The molecule has 0 spiro atoms. The van der Waals surface area contributed by atoms with Crippen LogP contribution in [0.25, 0.3) is 0 Å². The maximum Gasteiger partial charge on any atom is 0.250 e. The summed E-state index contributed by atoms with van der Waals surface area (Å²) in [5.41, 5.74) is 0.362. The van der Waals surface area contributed by atoms with Crippen molar-refractivity contribution in [3.63, 3.8) is 0 Å². The third kappa shape index (κ3) is 5.49. The zero-order valence-corrected chi connectivity index (χ0v) is 17.9. The summed E-state index contributed by atoms with van der Waals surface area (Å²) in [5, 5.41) is 9.85. The molecule has 0 aliphatic heterocycles. The molecule has 0 radical (unpaired) electrons. The fraction of sp³-hybridized carbons (Fsp3) is 0.810. The number of aliphatic hydroxyl groups excluding tert-OH is 1. The highest BCUT2D eigenvalue weighted by atomic mass is 28.4. The lowest BCUT2D eigenvalue weighted by Crippen LogP contribution is -2.36. The second-order valence-electron chi connectivity index (χ2n) is 8.58. The van der Waals surface area contributed by atoms with Gasteiger partial charge < -0.3 is 9.53 Å². The van der Waals surface area contributed by atoms with E-state index in [1.54, 1.807) is 0 Å². The molecule has 24 heavy (non-hydrogen) atoms. The Morgan fingerprint density at radius 3 is 2.12 bits per heavy atom. The van der Waals surface area contributed by atoms with Crippen LogP contribution in [0.5, 0.6) is 0 Å². The lowest BCUT2D eigenvalue weighted by atomic mass is 9.65. The highest BCUT2D eigenvalue weighted by molar-refractivity contribution is 6.73. The van der Waals surface area contributed by atoms with Crippen LogP contribution in [0.15, 0.2) is 24.5 Å². The van der Waals surface area contributed by atoms with E-state index in [1.165, 1.54) is 19.3 Å². The van der Waals surface area contributed by atoms with E-state index >= 15 is 0 Å². The summed E-state index contributed by atoms with van der Waals surface area (Å²) in [4.78, 5) is 0. The largest absolute Gasteiger partial charge is 0.545 e. The summed E-state index contributed by atoms with van der Waals surface area (Å²) in [6, 6.07) is 3.33. The zero-order chi connectivity index (χ0) is 18.4. The van der Waals surface area contributed by atoms with Gasteiger partial charge in [0.1, 0.15) is 5.76 Å². The Bertz CT molecular complexity index is 410. The Morgan fingerprint density at radius 1 is 1.12 bits per heavy atom. The monoisotopic (exact) mass is 352 g/mol. The standard InChI is InChI=1S/C21H40O2Si/c1-8-17-14-19(21(5,6)7)13-12-18(17)15-20(16-22)23-24(9-2,10-3)11-4/h8,15,17-19,22H,1,9-14,16H2,2-7H3/b20-15+/t17-,18+,19-/m0/s1. The number of aliphatic hydroxyl groups is 1. The van der Waals surface area contributed by atoms with Gasteiger partial charge in [0.25, 0.3) is 0 Å². The third-order valence-electron chi connectivity index (χ3n) is 6.32. The van der Waals surface area contributed by atoms with Gasteiger partial charge in [0.15, 0.2) is 0 Å². The van der Waals surface area contributed by atoms with Crippen LogP contribution in [-0.4, -0.2) is 20.0 Å². The lowest BCUT2D eigenvalue weighted by molar-refractivity contribution is 0.133. The average molecular weight is 353 g/mol. The SMILES string of the molecule is C=C[C@H]1C[C@@H](C(C)(C)C)CC[C@@H]1/C=C(\CO)O[Si](CC)(CC)CC. The molecule has 0 heterocycles. The lowest BCUT2D eigenvalue weighted by Gasteiger charge is -2.40. The van der Waals surface area contributed by atoms with Crippen LogP contribution in [0.3, 0.4) is 0 Å². The fourth-order valence-electron chi connectivity index (χ4n) is 4.10. The van der Waals surface area contributed by atoms with Crippen molar-refractivity contribution in [1.82, 2.24) is 0 Å². The first-order chi connectivity index (χ1) is 11.2. The van der Waals surface area contributed by atoms with Gasteiger partial charge in [-0.3, -0.25) is 0 Å². The van der Waals surface area contributed by atoms with Gasteiger partial charge in [0.2, 0.25) is 8.32 Å². The maximum absolute atomic E-state index is 9.85. The number of hydrogen-bond donors (Lipinski definition) is 1. The van der Waals surface area contributed by atoms with E-state index in [0.717, 1.165) is 29.8 Å². The molecule has 1 aliphatic rings. The minimum absolute atomic E-state index is 0.0256. The van der Waals surface area contributed by atoms with Crippen LogP contribution in [-0.2, 0) is 4.43 Å². The van der Waals surface area contributed by atoms with E-state index in [4.69, 9.17) is 4.43 Å². The molecule has 1 N–H and O–H groups in total. The molecule has 1 fully saturated rings. The van der Waals surface area contributed by atoms with Gasteiger partial charge in [-0.05, 0) is 66.6 Å². The zero-order valence-electron chi connectivity index (χ0n) is 16.9. The topological polar surface area (TPSA) is 29.5 Å². The Morgan fingerprint density at radius 2 is 1.71 bits per heavy atom. The van der Waals surface area contributed by atoms with Crippen molar-refractivity contribution in [2.24, 2.45) is 23.2 Å². The molecule has 0 aromatic rings. The van der Waals surface area contributed by atoms with E-state index in [-0.39, 0.29) is 6.61 Å². The van der Waals surface area contributed by atoms with Crippen molar-refractivity contribution in [3.8, 4) is 0 Å². The second-order valence-corrected chi connectivity index (χ2v) is 13.3. The first-order valence-corrected chi connectivity index (χ1v) is 12.4. The van der Waals surface area contributed by atoms with E-state index in [2.05, 4.69) is 60.3 Å². The van der Waals surface area contributed by atoms with Gasteiger partial charge >= 0.3 is 0 Å². The molecule has 0 unspecified atom stereocenters. The molecule has 2 nitrogen and oxygen atoms in total. The highest BCUT2D eigenvalue weighted by Crippen LogP contribution is 2.44. The molecule has 1 aliphatic carbocycles. The quantitative estimate of drug-likeness (QED) is 0.322. The van der Waals surface area contributed by atoms with Crippen molar-refractivity contribution in [3.05, 3.63) is 24.5 Å². The van der Waals surface area contributed by atoms with E-state index in [9.17, 15) is 5.11 Å². The van der Waals surface area contributed by atoms with E-state index < -0.39 is 8.32 Å². The molecular formula is C21H40O2Si. The smallest absolute Gasteiger partial charge is 0.250 e. The fourth-order valence-corrected chi connectivity index (χ4v) is 6.72. The maximum atomic E-state index is 9.85. The average Bonchev–Trinajstić information content (AvgIpc) is 2.58. The minimum atomic E-state index is -1.72. The van der Waals surface area contributed by atoms with Crippen LogP contribution in [0, 0.1) is 23.2 Å². The second kappa shape index (κ2) is 9.24. The molecule has 0 bridgehead atoms. The summed E-state index contributed by atoms with van der Waals surface area (Å²) in [6.45, 7) is 17.8. The molecule has 1 rings (SSSR count). The van der Waals surface area contributed by atoms with Crippen LogP contribution in [0.4, 0.5) is 0 Å². The molecule has 0 saturated heterocycles. The Balaban J connectivity index is 2.90. The minimum Gasteiger partial charge on any atom is -0.545 e. The van der Waals surface area contributed by atoms with Gasteiger partial charge in [-0.1, -0.05) is 47.6 Å². The molecular weight excluding hydrogens is 312 g/mol. The summed E-state index contributed by atoms with van der Waals surface area (Å²) in [5.74, 6) is 2.52. The molecule has 0 amide bonds. The van der Waals surface area contributed by atoms with Crippen LogP contribution >= 0.6 is 0 Å². The van der Waals surface area contributed by atoms with Crippen LogP contribution in [0.1, 0.15) is 60.8 Å². The van der Waals surface area contributed by atoms with E-state index in [1.807, 2.05) is 0 Å². The van der Waals surface area contributed by atoms with Crippen molar-refractivity contribution < 1.29 is 9.53 Å². The number of hydrogen-bond acceptors (Lipinski definition) is 2. The van der Waals surface area contributed by atoms with Gasteiger partial charge in [0.05, 0.1) is 6.61 Å². The van der Waals surface area contributed by atoms with Crippen LogP contribution in [0.2, 0.25) is 18.1 Å². The van der Waals surface area contributed by atoms with Gasteiger partial charge in [-0.15, -0.1) is 6.58 Å². The predicted octanol–water partition coefficient (Wildman–Crippen LogP) is 6.15. The Kier molecular flexibility index (Phi) is 8.27. The summed E-state index contributed by atoms with van der Waals surface area (Å²) >= 11 is 0. The van der Waals surface area contributed by atoms with Crippen molar-refractivity contribution in [2.75, 3.05) is 6.61 Å². The molecule has 3 atom stereocenters. The molecule has 0 aromatic heterocycles. The highest BCUT2D eigenvalue weighted by Gasteiger charge is 2.35. The van der Waals surface area contributed by atoms with E-state index in [0.29, 0.717) is 17.3 Å². The van der Waals surface area contributed by atoms with Crippen LogP contribution < -0.4 is 0 Å². The van der Waals surface area contributed by atoms with Gasteiger partial charge in [0, 0.05) is 0 Å². The number of rotatable bonds is 8. The summed E-state index contributed by atoms with van der Waals surface area (Å²) in [7, 11) is -1.72. The van der Waals surface area contributed by atoms with Crippen molar-refractivity contribution in [1.29, 1.82) is 0 Å². The predicted molar refractivity (Wildman–Crippen MR) is 107 cm³/mol. The summed E-state index contributed by atoms with van der Waals surface area (Å²) in [6.07, 6.45) is 7.98. The molecule has 0 aromatic carbocycles. The number of allylic oxidation sites excluding steroid dienone is 2. The molecule has 1 saturated carbocycles. The van der Waals surface area contributed by atoms with Crippen molar-refractivity contribution in [2.45, 2.75) is 78.9 Å². The third-order valence-corrected chi connectivity index (χ3v) is 10.9. The Labute approximate surface area is 151 Å². The van der Waals surface area contributed by atoms with Gasteiger partial charge in [-0.25, -0.2) is 0 Å². The molecule has 3 heteroatoms. The van der Waals surface area contributed by atoms with Gasteiger partial charge in [-0.2, -0.15) is 0 Å². The summed E-state index contributed by atoms with van der Waals surface area (Å²) < 4.78 is 6.44. The first-order valence-electron chi connectivity index (χ1n) is 9.88. The van der Waals surface area contributed by atoms with Crippen molar-refractivity contribution >= 4 is 8.32 Å². The molecule has 140 valence electrons. The normalized spacial score (nSPS) is 26.3. The Hall–Kier alpha value is -0.543. The first kappa shape index (κ1) is 21.5.